The van der Waals surface area contributed by atoms with Gasteiger partial charge in [-0.1, -0.05) is 73.9 Å². The van der Waals surface area contributed by atoms with Crippen LogP contribution in [-0.2, 0) is 15.9 Å². The number of nitrogens with one attached hydrogen (secondary N) is 2. The van der Waals surface area contributed by atoms with Gasteiger partial charge in [-0.3, -0.25) is 9.88 Å². The molecule has 2 heterocycles. The van der Waals surface area contributed by atoms with Gasteiger partial charge in [0, 0.05) is 18.7 Å². The number of carbonyl (C=O) groups is 1. The highest BCUT2D eigenvalue weighted by molar-refractivity contribution is 5.88. The van der Waals surface area contributed by atoms with Crippen LogP contribution in [0.25, 0.3) is 0 Å². The Bertz CT molecular complexity index is 1690. The smallest absolute Gasteiger partial charge is 0.351 e. The Morgan fingerprint density at radius 1 is 0.917 bits per heavy atom. The molecule has 1 aliphatic heterocycles. The number of methoxy groups -OCH3 is 2. The molecule has 4 aromatic rings. The highest BCUT2D eigenvalue weighted by Gasteiger charge is 2.63. The summed E-state index contributed by atoms with van der Waals surface area (Å²) in [7, 11) is 3.17. The van der Waals surface area contributed by atoms with E-state index < -0.39 is 41.7 Å². The second kappa shape index (κ2) is 14.2. The summed E-state index contributed by atoms with van der Waals surface area (Å²) in [5, 5.41) is 27.6. The third kappa shape index (κ3) is 6.05. The molecule has 2 aliphatic rings. The molecule has 0 unspecified atom stereocenters. The molecule has 1 aliphatic carbocycles. The molecule has 2 amide bonds. The van der Waals surface area contributed by atoms with Crippen LogP contribution in [0.5, 0.6) is 11.5 Å². The number of aliphatic hydroxyl groups is 2. The van der Waals surface area contributed by atoms with E-state index in [0.717, 1.165) is 48.8 Å². The minimum atomic E-state index is -1.67. The fourth-order valence-corrected chi connectivity index (χ4v) is 7.41. The van der Waals surface area contributed by atoms with Crippen LogP contribution in [0.4, 0.5) is 10.6 Å². The number of urea groups is 1. The van der Waals surface area contributed by atoms with Gasteiger partial charge in [0.2, 0.25) is 0 Å². The van der Waals surface area contributed by atoms with Crippen LogP contribution in [0.3, 0.4) is 0 Å². The Balaban J connectivity index is 1.57. The van der Waals surface area contributed by atoms with Gasteiger partial charge in [0.1, 0.15) is 23.4 Å². The molecule has 4 N–H and O–H groups in total. The van der Waals surface area contributed by atoms with Gasteiger partial charge >= 0.3 is 11.7 Å². The molecule has 252 valence electrons. The average molecular weight is 655 g/mol. The number of amides is 2. The van der Waals surface area contributed by atoms with Gasteiger partial charge in [-0.2, -0.15) is 4.98 Å². The molecule has 6 rings (SSSR count). The Labute approximate surface area is 279 Å². The predicted molar refractivity (Wildman–Crippen MR) is 180 cm³/mol. The van der Waals surface area contributed by atoms with E-state index in [2.05, 4.69) is 15.6 Å². The topological polar surface area (TPSA) is 144 Å². The quantitative estimate of drug-likeness (QED) is 0.183. The lowest BCUT2D eigenvalue weighted by atomic mass is 9.61. The lowest BCUT2D eigenvalue weighted by molar-refractivity contribution is -0.147. The van der Waals surface area contributed by atoms with Crippen LogP contribution >= 0.6 is 0 Å². The second-order valence-corrected chi connectivity index (χ2v) is 12.4. The van der Waals surface area contributed by atoms with Crippen LogP contribution in [0, 0.1) is 0 Å². The number of nitrogens with zero attached hydrogens (tertiary/aromatic N) is 2. The Morgan fingerprint density at radius 2 is 1.50 bits per heavy atom. The number of hydrogen-bond acceptors (Lipinski definition) is 8. The van der Waals surface area contributed by atoms with Crippen LogP contribution in [0.2, 0.25) is 0 Å². The fraction of sp³-hybridized carbons (Fsp3) is 0.378. The van der Waals surface area contributed by atoms with Crippen molar-refractivity contribution in [3.05, 3.63) is 118 Å². The van der Waals surface area contributed by atoms with E-state index in [-0.39, 0.29) is 18.3 Å². The summed E-state index contributed by atoms with van der Waals surface area (Å²) in [4.78, 5) is 31.4. The molecule has 11 nitrogen and oxygen atoms in total. The van der Waals surface area contributed by atoms with E-state index in [0.29, 0.717) is 11.5 Å². The number of carbonyl (C=O) groups excluding carboxylic acids is 1. The number of ether oxygens (including phenoxy) is 3. The van der Waals surface area contributed by atoms with Crippen LogP contribution in [0.15, 0.2) is 95.9 Å². The molecular formula is C37H42N4O7. The Kier molecular flexibility index (Phi) is 9.81. The maximum atomic E-state index is 14.3. The van der Waals surface area contributed by atoms with Crippen molar-refractivity contribution >= 4 is 11.8 Å². The van der Waals surface area contributed by atoms with Crippen molar-refractivity contribution in [1.82, 2.24) is 14.9 Å². The molecule has 3 atom stereocenters. The average Bonchev–Trinajstić information content (AvgIpc) is 3.46. The number of anilines is 1. The molecule has 0 bridgehead atoms. The predicted octanol–water partition coefficient (Wildman–Crippen LogP) is 4.54. The summed E-state index contributed by atoms with van der Waals surface area (Å²) in [6.45, 7) is -0.484. The van der Waals surface area contributed by atoms with Crippen LogP contribution < -0.4 is 25.8 Å². The summed E-state index contributed by atoms with van der Waals surface area (Å²) < 4.78 is 19.2. The first-order valence-electron chi connectivity index (χ1n) is 16.3. The first-order chi connectivity index (χ1) is 23.3. The van der Waals surface area contributed by atoms with Gasteiger partial charge in [-0.05, 0) is 59.9 Å². The molecule has 11 heteroatoms. The first-order valence-corrected chi connectivity index (χ1v) is 16.3. The highest BCUT2D eigenvalue weighted by Crippen LogP contribution is 2.57. The van der Waals surface area contributed by atoms with Gasteiger partial charge < -0.3 is 29.7 Å². The van der Waals surface area contributed by atoms with E-state index in [9.17, 15) is 19.8 Å². The highest BCUT2D eigenvalue weighted by atomic mass is 16.6. The third-order valence-corrected chi connectivity index (χ3v) is 9.65. The summed E-state index contributed by atoms with van der Waals surface area (Å²) >= 11 is 0. The molecule has 48 heavy (non-hydrogen) atoms. The van der Waals surface area contributed by atoms with Gasteiger partial charge in [0.25, 0.3) is 0 Å². The number of aliphatic hydroxyl groups excluding tert-OH is 2. The molecule has 1 saturated heterocycles. The zero-order chi connectivity index (χ0) is 33.7. The van der Waals surface area contributed by atoms with E-state index >= 15 is 0 Å². The molecular weight excluding hydrogens is 612 g/mol. The van der Waals surface area contributed by atoms with Crippen molar-refractivity contribution in [2.75, 3.05) is 26.1 Å². The summed E-state index contributed by atoms with van der Waals surface area (Å²) in [5.74, 6) is 1.34. The molecule has 0 spiro atoms. The fourth-order valence-electron chi connectivity index (χ4n) is 7.41. The number of hydrogen-bond donors (Lipinski definition) is 4. The second-order valence-electron chi connectivity index (χ2n) is 12.4. The maximum Gasteiger partial charge on any atom is 0.351 e. The van der Waals surface area contributed by atoms with E-state index in [1.807, 2.05) is 78.9 Å². The SMILES string of the molecule is COc1ccc(C(c2ccccc2)(c2ccc(OC)cc2)[C@]2(n3ccc(NC(=O)NC4CCCCC4)nc3=O)C[C@H](O)[C@@H](CO)O2)cc1. The van der Waals surface area contributed by atoms with Gasteiger partial charge in [-0.25, -0.2) is 9.59 Å². The van der Waals surface area contributed by atoms with Gasteiger partial charge in [-0.15, -0.1) is 0 Å². The van der Waals surface area contributed by atoms with Crippen molar-refractivity contribution in [3.63, 3.8) is 0 Å². The molecule has 1 saturated carbocycles. The molecule has 1 aromatic heterocycles. The summed E-state index contributed by atoms with van der Waals surface area (Å²) in [6.07, 6.45) is 4.40. The molecule has 2 fully saturated rings. The molecule has 3 aromatic carbocycles. The van der Waals surface area contributed by atoms with Crippen molar-refractivity contribution < 1.29 is 29.2 Å². The van der Waals surface area contributed by atoms with E-state index in [1.54, 1.807) is 20.3 Å². The van der Waals surface area contributed by atoms with Crippen molar-refractivity contribution in [2.45, 2.75) is 67.9 Å². The number of aromatic nitrogens is 2. The zero-order valence-corrected chi connectivity index (χ0v) is 27.2. The Morgan fingerprint density at radius 3 is 2.02 bits per heavy atom. The van der Waals surface area contributed by atoms with E-state index in [4.69, 9.17) is 14.2 Å². The minimum Gasteiger partial charge on any atom is -0.497 e. The standard InChI is InChI=1S/C37H42N4O7/c1-46-29-17-13-26(14-18-29)37(25-9-5-3-6-10-25,27-15-19-30(47-2)20-16-27)36(23-31(43)32(24-42)48-36)41-22-21-33(40-35(41)45)39-34(44)38-28-11-7-4-8-12-28/h3,5-6,9-10,13-22,28,31-32,42-43H,4,7-8,11-12,23-24H2,1-2H3,(H2,38,39,40,44,45)/t31-,32+,36-/m0/s1. The van der Waals surface area contributed by atoms with Crippen molar-refractivity contribution in [1.29, 1.82) is 0 Å². The minimum absolute atomic E-state index is 0.0756. The van der Waals surface area contributed by atoms with Gasteiger partial charge in [0.15, 0.2) is 5.72 Å². The number of benzene rings is 3. The van der Waals surface area contributed by atoms with Crippen LogP contribution in [-0.4, -0.2) is 64.9 Å². The summed E-state index contributed by atoms with van der Waals surface area (Å²) in [6, 6.07) is 25.7. The monoisotopic (exact) mass is 654 g/mol. The largest absolute Gasteiger partial charge is 0.497 e. The normalized spacial score (nSPS) is 21.4. The van der Waals surface area contributed by atoms with Crippen LogP contribution in [0.1, 0.15) is 55.2 Å². The lowest BCUT2D eigenvalue weighted by Gasteiger charge is -2.50. The third-order valence-electron chi connectivity index (χ3n) is 9.65. The first kappa shape index (κ1) is 33.2. The Hall–Kier alpha value is -4.71. The van der Waals surface area contributed by atoms with Gasteiger partial charge in [0.05, 0.1) is 32.3 Å². The van der Waals surface area contributed by atoms with Crippen molar-refractivity contribution in [2.24, 2.45) is 0 Å². The maximum absolute atomic E-state index is 14.3. The lowest BCUT2D eigenvalue weighted by Crippen LogP contribution is -2.58. The zero-order valence-electron chi connectivity index (χ0n) is 27.2. The van der Waals surface area contributed by atoms with E-state index in [1.165, 1.54) is 10.8 Å². The number of rotatable bonds is 10. The van der Waals surface area contributed by atoms with Crippen molar-refractivity contribution in [3.8, 4) is 11.5 Å². The summed E-state index contributed by atoms with van der Waals surface area (Å²) in [5.41, 5.74) is -1.48. The molecule has 0 radical (unpaired) electrons.